The minimum atomic E-state index is -0.165. The van der Waals surface area contributed by atoms with Crippen molar-refractivity contribution < 1.29 is 9.53 Å². The van der Waals surface area contributed by atoms with Crippen molar-refractivity contribution in [3.63, 3.8) is 0 Å². The highest BCUT2D eigenvalue weighted by atomic mass is 35.5. The number of rotatable bonds is 3. The van der Waals surface area contributed by atoms with Crippen LogP contribution in [0.3, 0.4) is 0 Å². The van der Waals surface area contributed by atoms with Gasteiger partial charge in [0.05, 0.1) is 30.4 Å². The second-order valence-corrected chi connectivity index (χ2v) is 8.47. The molecule has 0 aliphatic carbocycles. The van der Waals surface area contributed by atoms with Crippen molar-refractivity contribution in [1.82, 2.24) is 9.47 Å². The van der Waals surface area contributed by atoms with Gasteiger partial charge in [-0.1, -0.05) is 23.7 Å². The van der Waals surface area contributed by atoms with Gasteiger partial charge >= 0.3 is 0 Å². The minimum Gasteiger partial charge on any atom is -0.497 e. The Kier molecular flexibility index (Phi) is 4.70. The lowest BCUT2D eigenvalue weighted by Crippen LogP contribution is -2.51. The summed E-state index contributed by atoms with van der Waals surface area (Å²) in [4.78, 5) is 14.9. The summed E-state index contributed by atoms with van der Waals surface area (Å²) in [5, 5.41) is 4.50. The van der Waals surface area contributed by atoms with Gasteiger partial charge in [0.15, 0.2) is 0 Å². The molecule has 1 saturated heterocycles. The van der Waals surface area contributed by atoms with Gasteiger partial charge in [0, 0.05) is 30.0 Å². The van der Waals surface area contributed by atoms with Crippen molar-refractivity contribution in [2.24, 2.45) is 0 Å². The number of hydrogen-bond donors (Lipinski definition) is 1. The van der Waals surface area contributed by atoms with Gasteiger partial charge in [-0.05, 0) is 60.9 Å². The number of amides is 1. The molecule has 5 nitrogen and oxygen atoms in total. The summed E-state index contributed by atoms with van der Waals surface area (Å²) >= 11 is 6.23. The number of anilines is 1. The van der Waals surface area contributed by atoms with Gasteiger partial charge in [0.25, 0.3) is 0 Å². The van der Waals surface area contributed by atoms with E-state index in [0.29, 0.717) is 6.42 Å². The molecule has 0 bridgehead atoms. The lowest BCUT2D eigenvalue weighted by atomic mass is 9.82. The molecule has 1 amide bonds. The Morgan fingerprint density at radius 2 is 1.90 bits per heavy atom. The van der Waals surface area contributed by atoms with Crippen LogP contribution in [0.15, 0.2) is 60.8 Å². The quantitative estimate of drug-likeness (QED) is 0.671. The number of nitrogens with one attached hydrogen (secondary N) is 1. The largest absolute Gasteiger partial charge is 0.497 e. The number of carbonyl (C=O) groups excluding carboxylic acids is 1. The van der Waals surface area contributed by atoms with Gasteiger partial charge in [0.1, 0.15) is 5.75 Å². The van der Waals surface area contributed by atoms with E-state index in [1.807, 2.05) is 47.4 Å². The van der Waals surface area contributed by atoms with Gasteiger partial charge in [-0.25, -0.2) is 0 Å². The predicted molar refractivity (Wildman–Crippen MR) is 119 cm³/mol. The van der Waals surface area contributed by atoms with Crippen LogP contribution in [0.2, 0.25) is 5.02 Å². The number of hydrogen-bond acceptors (Lipinski definition) is 3. The number of piperidine rings is 1. The van der Waals surface area contributed by atoms with Crippen LogP contribution in [0.25, 0.3) is 5.69 Å². The molecule has 2 aliphatic heterocycles. The highest BCUT2D eigenvalue weighted by Crippen LogP contribution is 2.44. The van der Waals surface area contributed by atoms with Crippen LogP contribution < -0.4 is 10.1 Å². The van der Waals surface area contributed by atoms with E-state index in [1.54, 1.807) is 7.11 Å². The smallest absolute Gasteiger partial charge is 0.226 e. The van der Waals surface area contributed by atoms with Crippen LogP contribution in [0.4, 0.5) is 5.69 Å². The molecule has 6 heteroatoms. The molecule has 1 N–H and O–H groups in total. The number of aromatic nitrogens is 1. The summed E-state index contributed by atoms with van der Waals surface area (Å²) in [7, 11) is 1.65. The molecule has 0 saturated carbocycles. The summed E-state index contributed by atoms with van der Waals surface area (Å²) in [6.45, 7) is 1.46. The van der Waals surface area contributed by atoms with Gasteiger partial charge in [-0.15, -0.1) is 0 Å². The first kappa shape index (κ1) is 19.1. The van der Waals surface area contributed by atoms with E-state index in [9.17, 15) is 4.79 Å². The standard InChI is InChI=1S/C24H24ClN3O2/c1-30-19-7-4-17(5-8-19)15-23(29)27-13-10-24(11-14-27)22-3-2-12-28(22)21-16-18(25)6-9-20(21)26-24/h2-9,12,16,26H,10-11,13-15H2,1H3. The normalized spacial score (nSPS) is 16.5. The summed E-state index contributed by atoms with van der Waals surface area (Å²) < 4.78 is 7.42. The molecule has 30 heavy (non-hydrogen) atoms. The third kappa shape index (κ3) is 3.23. The minimum absolute atomic E-state index is 0.165. The number of ether oxygens (including phenoxy) is 1. The molecule has 3 heterocycles. The van der Waals surface area contributed by atoms with E-state index in [1.165, 1.54) is 5.69 Å². The highest BCUT2D eigenvalue weighted by molar-refractivity contribution is 6.30. The zero-order valence-corrected chi connectivity index (χ0v) is 17.7. The Morgan fingerprint density at radius 1 is 1.13 bits per heavy atom. The summed E-state index contributed by atoms with van der Waals surface area (Å²) in [6, 6.07) is 17.9. The van der Waals surface area contributed by atoms with Gasteiger partial charge < -0.3 is 19.5 Å². The zero-order valence-electron chi connectivity index (χ0n) is 16.9. The number of methoxy groups -OCH3 is 1. The molecule has 2 aliphatic rings. The third-order valence-electron chi connectivity index (χ3n) is 6.32. The number of fused-ring (bicyclic) bond motifs is 4. The summed E-state index contributed by atoms with van der Waals surface area (Å²) in [5.41, 5.74) is 4.24. The lowest BCUT2D eigenvalue weighted by molar-refractivity contribution is -0.132. The SMILES string of the molecule is COc1ccc(CC(=O)N2CCC3(CC2)Nc2ccc(Cl)cc2-n2cccc23)cc1. The van der Waals surface area contributed by atoms with Gasteiger partial charge in [-0.2, -0.15) is 0 Å². The first-order valence-corrected chi connectivity index (χ1v) is 10.6. The third-order valence-corrected chi connectivity index (χ3v) is 6.55. The molecular formula is C24H24ClN3O2. The van der Waals surface area contributed by atoms with E-state index in [2.05, 4.69) is 28.2 Å². The summed E-state index contributed by atoms with van der Waals surface area (Å²) in [5.74, 6) is 0.979. The Bertz CT molecular complexity index is 1080. The fraction of sp³-hybridized carbons (Fsp3) is 0.292. The molecule has 0 radical (unpaired) electrons. The maximum atomic E-state index is 12.9. The number of likely N-dealkylation sites (tertiary alicyclic amines) is 1. The fourth-order valence-electron chi connectivity index (χ4n) is 4.66. The Hall–Kier alpha value is -2.92. The van der Waals surface area contributed by atoms with Gasteiger partial charge in [-0.3, -0.25) is 4.79 Å². The first-order chi connectivity index (χ1) is 14.6. The van der Waals surface area contributed by atoms with Gasteiger partial charge in [0.2, 0.25) is 5.91 Å². The van der Waals surface area contributed by atoms with E-state index in [0.717, 1.165) is 53.6 Å². The molecule has 0 unspecified atom stereocenters. The number of benzene rings is 2. The number of nitrogens with zero attached hydrogens (tertiary/aromatic N) is 2. The summed E-state index contributed by atoms with van der Waals surface area (Å²) in [6.07, 6.45) is 4.25. The van der Waals surface area contributed by atoms with Crippen LogP contribution in [-0.4, -0.2) is 35.6 Å². The highest BCUT2D eigenvalue weighted by Gasteiger charge is 2.42. The van der Waals surface area contributed by atoms with Crippen molar-refractivity contribution in [2.75, 3.05) is 25.5 Å². The predicted octanol–water partition coefficient (Wildman–Crippen LogP) is 4.63. The van der Waals surface area contributed by atoms with Crippen molar-refractivity contribution >= 4 is 23.2 Å². The molecule has 1 aromatic heterocycles. The monoisotopic (exact) mass is 421 g/mol. The van der Waals surface area contributed by atoms with Crippen LogP contribution in [0.1, 0.15) is 24.1 Å². The number of halogens is 1. The van der Waals surface area contributed by atoms with Crippen molar-refractivity contribution in [3.8, 4) is 11.4 Å². The van der Waals surface area contributed by atoms with Crippen LogP contribution in [0.5, 0.6) is 5.75 Å². The molecule has 1 spiro atoms. The van der Waals surface area contributed by atoms with Crippen molar-refractivity contribution in [3.05, 3.63) is 77.1 Å². The molecule has 1 fully saturated rings. The second kappa shape index (κ2) is 7.40. The van der Waals surface area contributed by atoms with E-state index >= 15 is 0 Å². The molecule has 3 aromatic rings. The van der Waals surface area contributed by atoms with Crippen LogP contribution in [0, 0.1) is 0 Å². The average Bonchev–Trinajstić information content (AvgIpc) is 3.27. The lowest BCUT2D eigenvalue weighted by Gasteiger charge is -2.46. The van der Waals surface area contributed by atoms with E-state index in [4.69, 9.17) is 16.3 Å². The number of carbonyl (C=O) groups is 1. The molecular weight excluding hydrogens is 398 g/mol. The Labute approximate surface area is 181 Å². The topological polar surface area (TPSA) is 46.5 Å². The van der Waals surface area contributed by atoms with E-state index in [-0.39, 0.29) is 11.4 Å². The molecule has 2 aromatic carbocycles. The molecule has 154 valence electrons. The Balaban J connectivity index is 1.32. The second-order valence-electron chi connectivity index (χ2n) is 8.04. The van der Waals surface area contributed by atoms with Crippen molar-refractivity contribution in [2.45, 2.75) is 24.8 Å². The van der Waals surface area contributed by atoms with Crippen LogP contribution >= 0.6 is 11.6 Å². The van der Waals surface area contributed by atoms with E-state index < -0.39 is 0 Å². The van der Waals surface area contributed by atoms with Crippen LogP contribution in [-0.2, 0) is 16.8 Å². The maximum absolute atomic E-state index is 12.9. The van der Waals surface area contributed by atoms with Crippen molar-refractivity contribution in [1.29, 1.82) is 0 Å². The Morgan fingerprint density at radius 3 is 2.63 bits per heavy atom. The first-order valence-electron chi connectivity index (χ1n) is 10.2. The average molecular weight is 422 g/mol. The fourth-order valence-corrected chi connectivity index (χ4v) is 4.83. The maximum Gasteiger partial charge on any atom is 0.226 e. The molecule has 0 atom stereocenters. The zero-order chi connectivity index (χ0) is 20.7. The molecule has 5 rings (SSSR count).